The number of carboxylic acid groups (broad SMARTS) is 1. The molecule has 0 radical (unpaired) electrons. The molecule has 0 spiro atoms. The number of aliphatic carboxylic acids is 1. The van der Waals surface area contributed by atoms with E-state index in [1.165, 1.54) is 0 Å². The Hall–Kier alpha value is -0.790. The van der Waals surface area contributed by atoms with Gasteiger partial charge in [0.15, 0.2) is 0 Å². The van der Waals surface area contributed by atoms with E-state index >= 15 is 0 Å². The average molecular weight is 156 g/mol. The standard InChI is InChI=1S/C9H16O2/c1-3-5-6-7-8(4-2)9(10)11/h5-6,8H,3-4,7H2,1-2H3,(H,10,11)/b6-5+/t8-/m1/s1. The summed E-state index contributed by atoms with van der Waals surface area (Å²) in [4.78, 5) is 10.5. The predicted molar refractivity (Wildman–Crippen MR) is 45.5 cm³/mol. The van der Waals surface area contributed by atoms with Crippen LogP contribution in [0.5, 0.6) is 0 Å². The highest BCUT2D eigenvalue weighted by Crippen LogP contribution is 2.08. The van der Waals surface area contributed by atoms with E-state index in [0.29, 0.717) is 12.8 Å². The second-order valence-corrected chi connectivity index (χ2v) is 2.56. The largest absolute Gasteiger partial charge is 0.481 e. The highest BCUT2D eigenvalue weighted by atomic mass is 16.4. The molecular formula is C9H16O2. The van der Waals surface area contributed by atoms with Crippen LogP contribution in [-0.4, -0.2) is 11.1 Å². The van der Waals surface area contributed by atoms with Gasteiger partial charge in [-0.05, 0) is 19.3 Å². The zero-order chi connectivity index (χ0) is 8.69. The van der Waals surface area contributed by atoms with Gasteiger partial charge in [0.25, 0.3) is 0 Å². The summed E-state index contributed by atoms with van der Waals surface area (Å²) in [5.74, 6) is -0.883. The summed E-state index contributed by atoms with van der Waals surface area (Å²) >= 11 is 0. The van der Waals surface area contributed by atoms with Gasteiger partial charge in [0.05, 0.1) is 5.92 Å². The van der Waals surface area contributed by atoms with E-state index < -0.39 is 5.97 Å². The fourth-order valence-corrected chi connectivity index (χ4v) is 0.869. The van der Waals surface area contributed by atoms with Crippen molar-refractivity contribution in [3.05, 3.63) is 12.2 Å². The van der Waals surface area contributed by atoms with Gasteiger partial charge < -0.3 is 5.11 Å². The lowest BCUT2D eigenvalue weighted by Crippen LogP contribution is -2.11. The second kappa shape index (κ2) is 5.96. The van der Waals surface area contributed by atoms with Crippen molar-refractivity contribution < 1.29 is 9.90 Å². The molecule has 0 aliphatic rings. The molecular weight excluding hydrogens is 140 g/mol. The average Bonchev–Trinajstić information content (AvgIpc) is 1.97. The summed E-state index contributed by atoms with van der Waals surface area (Å²) in [6, 6.07) is 0. The van der Waals surface area contributed by atoms with Crippen LogP contribution in [0.2, 0.25) is 0 Å². The molecule has 0 aromatic rings. The maximum absolute atomic E-state index is 10.5. The minimum Gasteiger partial charge on any atom is -0.481 e. The second-order valence-electron chi connectivity index (χ2n) is 2.56. The van der Waals surface area contributed by atoms with Crippen LogP contribution in [0.25, 0.3) is 0 Å². The minimum atomic E-state index is -0.687. The quantitative estimate of drug-likeness (QED) is 0.621. The van der Waals surface area contributed by atoms with E-state index in [-0.39, 0.29) is 5.92 Å². The molecule has 64 valence electrons. The SMILES string of the molecule is CC/C=C/C[C@@H](CC)C(=O)O. The zero-order valence-corrected chi connectivity index (χ0v) is 7.21. The van der Waals surface area contributed by atoms with Gasteiger partial charge >= 0.3 is 5.97 Å². The maximum atomic E-state index is 10.5. The van der Waals surface area contributed by atoms with Gasteiger partial charge in [-0.25, -0.2) is 0 Å². The van der Waals surface area contributed by atoms with Crippen LogP contribution in [0.15, 0.2) is 12.2 Å². The van der Waals surface area contributed by atoms with E-state index in [2.05, 4.69) is 0 Å². The number of carbonyl (C=O) groups is 1. The molecule has 0 rings (SSSR count). The van der Waals surface area contributed by atoms with Crippen LogP contribution < -0.4 is 0 Å². The van der Waals surface area contributed by atoms with Crippen molar-refractivity contribution in [1.29, 1.82) is 0 Å². The van der Waals surface area contributed by atoms with Gasteiger partial charge in [-0.3, -0.25) is 4.79 Å². The fourth-order valence-electron chi connectivity index (χ4n) is 0.869. The zero-order valence-electron chi connectivity index (χ0n) is 7.21. The Kier molecular flexibility index (Phi) is 5.53. The Morgan fingerprint density at radius 1 is 1.45 bits per heavy atom. The molecule has 0 unspecified atom stereocenters. The van der Waals surface area contributed by atoms with Crippen molar-refractivity contribution in [1.82, 2.24) is 0 Å². The molecule has 2 nitrogen and oxygen atoms in total. The van der Waals surface area contributed by atoms with Crippen molar-refractivity contribution in [2.45, 2.75) is 33.1 Å². The summed E-state index contributed by atoms with van der Waals surface area (Å²) in [7, 11) is 0. The molecule has 11 heavy (non-hydrogen) atoms. The van der Waals surface area contributed by atoms with Crippen molar-refractivity contribution in [2.24, 2.45) is 5.92 Å². The predicted octanol–water partition coefficient (Wildman–Crippen LogP) is 2.45. The van der Waals surface area contributed by atoms with Crippen molar-refractivity contribution in [3.63, 3.8) is 0 Å². The summed E-state index contributed by atoms with van der Waals surface area (Å²) in [6.07, 6.45) is 6.31. The van der Waals surface area contributed by atoms with E-state index in [1.807, 2.05) is 26.0 Å². The van der Waals surface area contributed by atoms with Crippen molar-refractivity contribution >= 4 is 5.97 Å². The first-order chi connectivity index (χ1) is 5.22. The molecule has 0 aromatic carbocycles. The molecule has 0 aromatic heterocycles. The van der Waals surface area contributed by atoms with Gasteiger partial charge in [0.1, 0.15) is 0 Å². The number of rotatable bonds is 5. The Bertz CT molecular complexity index is 138. The summed E-state index contributed by atoms with van der Waals surface area (Å²) in [5, 5.41) is 8.64. The minimum absolute atomic E-state index is 0.196. The van der Waals surface area contributed by atoms with E-state index in [9.17, 15) is 4.79 Å². The first-order valence-corrected chi connectivity index (χ1v) is 4.10. The first kappa shape index (κ1) is 10.2. The molecule has 0 aliphatic heterocycles. The normalized spacial score (nSPS) is 13.6. The summed E-state index contributed by atoms with van der Waals surface area (Å²) in [6.45, 7) is 3.94. The number of allylic oxidation sites excluding steroid dienone is 2. The molecule has 1 N–H and O–H groups in total. The van der Waals surface area contributed by atoms with E-state index in [4.69, 9.17) is 5.11 Å². The van der Waals surface area contributed by atoms with Gasteiger partial charge in [-0.15, -0.1) is 0 Å². The lowest BCUT2D eigenvalue weighted by molar-refractivity contribution is -0.141. The molecule has 0 heterocycles. The lowest BCUT2D eigenvalue weighted by Gasteiger charge is -2.04. The number of carboxylic acids is 1. The third-order valence-electron chi connectivity index (χ3n) is 1.67. The monoisotopic (exact) mass is 156 g/mol. The molecule has 0 saturated heterocycles. The molecule has 0 aliphatic carbocycles. The smallest absolute Gasteiger partial charge is 0.306 e. The molecule has 2 heteroatoms. The van der Waals surface area contributed by atoms with Crippen LogP contribution in [0.1, 0.15) is 33.1 Å². The van der Waals surface area contributed by atoms with Crippen molar-refractivity contribution in [3.8, 4) is 0 Å². The van der Waals surface area contributed by atoms with Crippen LogP contribution in [0.4, 0.5) is 0 Å². The lowest BCUT2D eigenvalue weighted by atomic mass is 10.0. The van der Waals surface area contributed by atoms with E-state index in [1.54, 1.807) is 0 Å². The number of hydrogen-bond acceptors (Lipinski definition) is 1. The van der Waals surface area contributed by atoms with Crippen molar-refractivity contribution in [2.75, 3.05) is 0 Å². The Morgan fingerprint density at radius 2 is 2.09 bits per heavy atom. The fraction of sp³-hybridized carbons (Fsp3) is 0.667. The van der Waals surface area contributed by atoms with Gasteiger partial charge in [0, 0.05) is 0 Å². The third kappa shape index (κ3) is 4.59. The highest BCUT2D eigenvalue weighted by molar-refractivity contribution is 5.70. The number of hydrogen-bond donors (Lipinski definition) is 1. The van der Waals surface area contributed by atoms with Crippen LogP contribution >= 0.6 is 0 Å². The Labute approximate surface area is 67.9 Å². The molecule has 1 atom stereocenters. The van der Waals surface area contributed by atoms with Gasteiger partial charge in [-0.2, -0.15) is 0 Å². The van der Waals surface area contributed by atoms with Crippen LogP contribution in [0.3, 0.4) is 0 Å². The maximum Gasteiger partial charge on any atom is 0.306 e. The topological polar surface area (TPSA) is 37.3 Å². The first-order valence-electron chi connectivity index (χ1n) is 4.10. The Balaban J connectivity index is 3.69. The molecule has 0 saturated carbocycles. The molecule has 0 fully saturated rings. The highest BCUT2D eigenvalue weighted by Gasteiger charge is 2.11. The molecule has 0 bridgehead atoms. The molecule has 0 amide bonds. The summed E-state index contributed by atoms with van der Waals surface area (Å²) < 4.78 is 0. The van der Waals surface area contributed by atoms with Crippen LogP contribution in [-0.2, 0) is 4.79 Å². The van der Waals surface area contributed by atoms with Gasteiger partial charge in [-0.1, -0.05) is 26.0 Å². The Morgan fingerprint density at radius 3 is 2.45 bits per heavy atom. The van der Waals surface area contributed by atoms with Crippen LogP contribution in [0, 0.1) is 5.92 Å². The van der Waals surface area contributed by atoms with Gasteiger partial charge in [0.2, 0.25) is 0 Å². The summed E-state index contributed by atoms with van der Waals surface area (Å²) in [5.41, 5.74) is 0. The van der Waals surface area contributed by atoms with E-state index in [0.717, 1.165) is 6.42 Å². The third-order valence-corrected chi connectivity index (χ3v) is 1.67.